The van der Waals surface area contributed by atoms with E-state index < -0.39 is 0 Å². The number of carbonyl (C=O) groups is 2. The van der Waals surface area contributed by atoms with Gasteiger partial charge < -0.3 is 15.2 Å². The Morgan fingerprint density at radius 1 is 0.800 bits per heavy atom. The number of benzene rings is 4. The average molecular weight is 534 g/mol. The van der Waals surface area contributed by atoms with Crippen LogP contribution in [0.5, 0.6) is 0 Å². The first kappa shape index (κ1) is 26.9. The van der Waals surface area contributed by atoms with Crippen LogP contribution in [0.1, 0.15) is 58.3 Å². The van der Waals surface area contributed by atoms with Crippen LogP contribution >= 0.6 is 0 Å². The van der Waals surface area contributed by atoms with Crippen molar-refractivity contribution in [3.63, 3.8) is 0 Å². The molecule has 1 heterocycles. The van der Waals surface area contributed by atoms with E-state index in [1.807, 2.05) is 71.3 Å². The summed E-state index contributed by atoms with van der Waals surface area (Å²) in [5.74, 6) is -0.811. The van der Waals surface area contributed by atoms with Gasteiger partial charge in [0.05, 0.1) is 6.54 Å². The maximum atomic E-state index is 14.6. The summed E-state index contributed by atoms with van der Waals surface area (Å²) in [6.45, 7) is 6.95. The van der Waals surface area contributed by atoms with E-state index in [0.717, 1.165) is 22.0 Å². The van der Waals surface area contributed by atoms with Crippen molar-refractivity contribution in [1.29, 1.82) is 0 Å². The van der Waals surface area contributed by atoms with Crippen LogP contribution < -0.4 is 10.6 Å². The minimum atomic E-state index is -0.332. The normalized spacial score (nSPS) is 11.4. The second-order valence-electron chi connectivity index (χ2n) is 10.9. The fraction of sp³-hybridized carbons (Fsp3) is 0.176. The maximum Gasteiger partial charge on any atom is 0.268 e. The van der Waals surface area contributed by atoms with Gasteiger partial charge in [0, 0.05) is 34.3 Å². The second kappa shape index (κ2) is 11.2. The molecule has 0 saturated heterocycles. The van der Waals surface area contributed by atoms with E-state index in [1.165, 1.54) is 6.07 Å². The largest absolute Gasteiger partial charge is 0.347 e. The van der Waals surface area contributed by atoms with E-state index >= 15 is 0 Å². The summed E-state index contributed by atoms with van der Waals surface area (Å²) in [6.07, 6.45) is 0. The first-order valence-electron chi connectivity index (χ1n) is 13.3. The molecule has 2 amide bonds. The topological polar surface area (TPSA) is 63.1 Å². The van der Waals surface area contributed by atoms with Gasteiger partial charge in [-0.3, -0.25) is 9.59 Å². The van der Waals surface area contributed by atoms with Gasteiger partial charge in [0.2, 0.25) is 0 Å². The molecule has 0 aliphatic rings. The van der Waals surface area contributed by atoms with Crippen LogP contribution in [0.3, 0.4) is 0 Å². The van der Waals surface area contributed by atoms with Gasteiger partial charge in [-0.15, -0.1) is 0 Å². The molecule has 2 N–H and O–H groups in total. The van der Waals surface area contributed by atoms with Crippen molar-refractivity contribution in [3.05, 3.63) is 137 Å². The Labute approximate surface area is 233 Å². The second-order valence-corrected chi connectivity index (χ2v) is 10.9. The molecule has 202 valence electrons. The van der Waals surface area contributed by atoms with Gasteiger partial charge in [-0.1, -0.05) is 81.4 Å². The molecule has 0 atom stereocenters. The zero-order chi connectivity index (χ0) is 28.3. The Bertz CT molecular complexity index is 1670. The van der Waals surface area contributed by atoms with Crippen molar-refractivity contribution in [2.24, 2.45) is 0 Å². The minimum Gasteiger partial charge on any atom is -0.347 e. The first-order valence-corrected chi connectivity index (χ1v) is 13.3. The lowest BCUT2D eigenvalue weighted by Gasteiger charge is -2.19. The molecular weight excluding hydrogens is 501 g/mol. The molecule has 0 unspecified atom stereocenters. The van der Waals surface area contributed by atoms with E-state index in [1.54, 1.807) is 30.3 Å². The van der Waals surface area contributed by atoms with Gasteiger partial charge in [0.15, 0.2) is 0 Å². The fourth-order valence-electron chi connectivity index (χ4n) is 4.70. The summed E-state index contributed by atoms with van der Waals surface area (Å²) in [6, 6.07) is 31.1. The molecule has 4 aromatic carbocycles. The summed E-state index contributed by atoms with van der Waals surface area (Å²) < 4.78 is 16.4. The minimum absolute atomic E-state index is 0.000951. The molecule has 5 rings (SSSR count). The van der Waals surface area contributed by atoms with Crippen LogP contribution in [0.25, 0.3) is 10.9 Å². The number of amides is 2. The van der Waals surface area contributed by atoms with Crippen LogP contribution in [0, 0.1) is 5.82 Å². The number of halogens is 1. The number of hydrogen-bond acceptors (Lipinski definition) is 2. The van der Waals surface area contributed by atoms with Gasteiger partial charge in [0.25, 0.3) is 11.8 Å². The zero-order valence-corrected chi connectivity index (χ0v) is 22.9. The maximum absolute atomic E-state index is 14.6. The molecular formula is C34H32FN3O2. The molecule has 1 aromatic heterocycles. The summed E-state index contributed by atoms with van der Waals surface area (Å²) in [5, 5.41) is 6.71. The lowest BCUT2D eigenvalue weighted by molar-refractivity contribution is 0.0941. The average Bonchev–Trinajstić information content (AvgIpc) is 3.30. The molecule has 5 aromatic rings. The molecule has 0 aliphatic carbocycles. The summed E-state index contributed by atoms with van der Waals surface area (Å²) in [7, 11) is 0. The summed E-state index contributed by atoms with van der Waals surface area (Å²) in [5.41, 5.74) is 4.96. The zero-order valence-electron chi connectivity index (χ0n) is 22.9. The number of anilines is 1. The number of hydrogen-bond donors (Lipinski definition) is 2. The lowest BCUT2D eigenvalue weighted by Crippen LogP contribution is -2.25. The summed E-state index contributed by atoms with van der Waals surface area (Å²) >= 11 is 0. The third kappa shape index (κ3) is 5.96. The van der Waals surface area contributed by atoms with Crippen molar-refractivity contribution in [1.82, 2.24) is 9.88 Å². The van der Waals surface area contributed by atoms with Crippen LogP contribution in [0.2, 0.25) is 0 Å². The van der Waals surface area contributed by atoms with Gasteiger partial charge in [0.1, 0.15) is 11.5 Å². The van der Waals surface area contributed by atoms with Crippen molar-refractivity contribution in [2.45, 2.75) is 39.3 Å². The predicted molar refractivity (Wildman–Crippen MR) is 158 cm³/mol. The number of rotatable bonds is 7. The van der Waals surface area contributed by atoms with Gasteiger partial charge in [-0.05, 0) is 59.0 Å². The molecule has 0 spiro atoms. The molecule has 0 radical (unpaired) electrons. The molecule has 6 heteroatoms. The first-order chi connectivity index (χ1) is 19.2. The monoisotopic (exact) mass is 533 g/mol. The van der Waals surface area contributed by atoms with E-state index in [4.69, 9.17) is 0 Å². The van der Waals surface area contributed by atoms with Crippen LogP contribution in [-0.2, 0) is 18.5 Å². The Morgan fingerprint density at radius 2 is 1.50 bits per heavy atom. The third-order valence-electron chi connectivity index (χ3n) is 6.99. The van der Waals surface area contributed by atoms with E-state index in [9.17, 15) is 14.0 Å². The molecule has 5 nitrogen and oxygen atoms in total. The third-order valence-corrected chi connectivity index (χ3v) is 6.99. The van der Waals surface area contributed by atoms with Crippen LogP contribution in [-0.4, -0.2) is 16.4 Å². The van der Waals surface area contributed by atoms with Crippen molar-refractivity contribution in [2.75, 3.05) is 5.32 Å². The SMILES string of the molecule is CC(C)(C)c1ccc(C(=O)Nc2ccc3c(c2)cc(C(=O)NCc2ccccc2)n3Cc2ccccc2F)cc1. The fourth-order valence-corrected chi connectivity index (χ4v) is 4.70. The number of aromatic nitrogens is 1. The summed E-state index contributed by atoms with van der Waals surface area (Å²) in [4.78, 5) is 26.3. The highest BCUT2D eigenvalue weighted by Crippen LogP contribution is 2.27. The number of nitrogens with one attached hydrogen (secondary N) is 2. The van der Waals surface area contributed by atoms with Crippen LogP contribution in [0.4, 0.5) is 10.1 Å². The Kier molecular flexibility index (Phi) is 7.52. The smallest absolute Gasteiger partial charge is 0.268 e. The predicted octanol–water partition coefficient (Wildman–Crippen LogP) is 7.31. The van der Waals surface area contributed by atoms with E-state index in [0.29, 0.717) is 29.1 Å². The van der Waals surface area contributed by atoms with Crippen molar-refractivity contribution in [3.8, 4) is 0 Å². The van der Waals surface area contributed by atoms with Crippen LogP contribution in [0.15, 0.2) is 103 Å². The van der Waals surface area contributed by atoms with Crippen molar-refractivity contribution < 1.29 is 14.0 Å². The highest BCUT2D eigenvalue weighted by atomic mass is 19.1. The molecule has 0 aliphatic heterocycles. The van der Waals surface area contributed by atoms with Crippen molar-refractivity contribution >= 4 is 28.4 Å². The highest BCUT2D eigenvalue weighted by molar-refractivity contribution is 6.06. The number of carbonyl (C=O) groups excluding carboxylic acids is 2. The number of fused-ring (bicyclic) bond motifs is 1. The number of nitrogens with zero attached hydrogens (tertiary/aromatic N) is 1. The molecule has 40 heavy (non-hydrogen) atoms. The molecule has 0 saturated carbocycles. The molecule has 0 fully saturated rings. The lowest BCUT2D eigenvalue weighted by atomic mass is 9.87. The Morgan fingerprint density at radius 3 is 2.20 bits per heavy atom. The quantitative estimate of drug-likeness (QED) is 0.230. The van der Waals surface area contributed by atoms with Gasteiger partial charge in [-0.25, -0.2) is 4.39 Å². The Hall–Kier alpha value is -4.71. The standard InChI is InChI=1S/C34H32FN3O2/c1-34(2,3)27-15-13-24(14-16-27)32(39)37-28-17-18-30-26(19-28)20-31(33(40)36-21-23-9-5-4-6-10-23)38(30)22-25-11-7-8-12-29(25)35/h4-20H,21-22H2,1-3H3,(H,36,40)(H,37,39). The Balaban J connectivity index is 1.43. The molecule has 0 bridgehead atoms. The highest BCUT2D eigenvalue weighted by Gasteiger charge is 2.18. The van der Waals surface area contributed by atoms with Gasteiger partial charge in [-0.2, -0.15) is 0 Å². The van der Waals surface area contributed by atoms with E-state index in [-0.39, 0.29) is 29.6 Å². The van der Waals surface area contributed by atoms with Gasteiger partial charge >= 0.3 is 0 Å². The van der Waals surface area contributed by atoms with E-state index in [2.05, 4.69) is 31.4 Å².